The van der Waals surface area contributed by atoms with E-state index in [-0.39, 0.29) is 5.91 Å². The number of rotatable bonds is 3. The normalized spacial score (nSPS) is 14.5. The van der Waals surface area contributed by atoms with Crippen molar-refractivity contribution in [2.24, 2.45) is 0 Å². The molecule has 0 aliphatic carbocycles. The molecule has 1 aromatic carbocycles. The van der Waals surface area contributed by atoms with E-state index in [9.17, 15) is 4.79 Å². The predicted octanol–water partition coefficient (Wildman–Crippen LogP) is 3.64. The van der Waals surface area contributed by atoms with Crippen molar-refractivity contribution in [3.63, 3.8) is 0 Å². The smallest absolute Gasteiger partial charge is 0.274 e. The molecule has 3 rings (SSSR count). The van der Waals surface area contributed by atoms with Gasteiger partial charge in [0.2, 0.25) is 5.95 Å². The second-order valence-electron chi connectivity index (χ2n) is 6.44. The Morgan fingerprint density at radius 3 is 2.58 bits per heavy atom. The van der Waals surface area contributed by atoms with Crippen LogP contribution >= 0.6 is 0 Å². The Bertz CT molecular complexity index is 751. The average molecular weight is 324 g/mol. The van der Waals surface area contributed by atoms with Crippen LogP contribution in [0.4, 0.5) is 11.6 Å². The second-order valence-corrected chi connectivity index (χ2v) is 6.44. The zero-order chi connectivity index (χ0) is 17.1. The lowest BCUT2D eigenvalue weighted by Crippen LogP contribution is -2.31. The lowest BCUT2D eigenvalue weighted by molar-refractivity contribution is 0.102. The number of benzene rings is 1. The molecule has 1 aliphatic heterocycles. The summed E-state index contributed by atoms with van der Waals surface area (Å²) in [4.78, 5) is 23.8. The van der Waals surface area contributed by atoms with Gasteiger partial charge in [-0.15, -0.1) is 0 Å². The van der Waals surface area contributed by atoms with Gasteiger partial charge in [0, 0.05) is 24.5 Å². The lowest BCUT2D eigenvalue weighted by Gasteiger charge is -2.27. The van der Waals surface area contributed by atoms with E-state index in [0.29, 0.717) is 11.6 Å². The van der Waals surface area contributed by atoms with Crippen LogP contribution in [0.1, 0.15) is 46.6 Å². The van der Waals surface area contributed by atoms with Gasteiger partial charge < -0.3 is 10.2 Å². The summed E-state index contributed by atoms with van der Waals surface area (Å²) in [5, 5.41) is 2.98. The monoisotopic (exact) mass is 324 g/mol. The zero-order valence-corrected chi connectivity index (χ0v) is 14.6. The van der Waals surface area contributed by atoms with Gasteiger partial charge in [-0.3, -0.25) is 4.79 Å². The van der Waals surface area contributed by atoms with Crippen molar-refractivity contribution < 1.29 is 4.79 Å². The van der Waals surface area contributed by atoms with Gasteiger partial charge in [0.1, 0.15) is 5.69 Å². The van der Waals surface area contributed by atoms with Crippen LogP contribution in [0.15, 0.2) is 24.3 Å². The molecule has 1 aromatic heterocycles. The molecule has 0 saturated carbocycles. The Morgan fingerprint density at radius 2 is 1.83 bits per heavy atom. The van der Waals surface area contributed by atoms with Crippen LogP contribution in [-0.2, 0) is 0 Å². The van der Waals surface area contributed by atoms with Crippen LogP contribution in [0.2, 0.25) is 0 Å². The molecule has 0 unspecified atom stereocenters. The second kappa shape index (κ2) is 6.99. The van der Waals surface area contributed by atoms with E-state index in [0.717, 1.165) is 48.4 Å². The fourth-order valence-corrected chi connectivity index (χ4v) is 2.98. The standard InChI is InChI=1S/C19H24N4O/c1-13-8-7-9-16(15(13)3)21-18(24)17-12-14(2)20-19(22-17)23-10-5-4-6-11-23/h7-9,12H,4-6,10-11H2,1-3H3,(H,21,24). The summed E-state index contributed by atoms with van der Waals surface area (Å²) in [6, 6.07) is 7.64. The summed E-state index contributed by atoms with van der Waals surface area (Å²) in [6.45, 7) is 7.87. The van der Waals surface area contributed by atoms with Crippen molar-refractivity contribution in [1.29, 1.82) is 0 Å². The van der Waals surface area contributed by atoms with Crippen LogP contribution in [-0.4, -0.2) is 29.0 Å². The van der Waals surface area contributed by atoms with Crippen molar-refractivity contribution in [3.05, 3.63) is 46.8 Å². The third-order valence-electron chi connectivity index (χ3n) is 4.57. The maximum atomic E-state index is 12.6. The lowest BCUT2D eigenvalue weighted by atomic mass is 10.1. The van der Waals surface area contributed by atoms with Gasteiger partial charge in [-0.2, -0.15) is 0 Å². The van der Waals surface area contributed by atoms with Gasteiger partial charge in [0.05, 0.1) is 0 Å². The molecule has 0 atom stereocenters. The summed E-state index contributed by atoms with van der Waals surface area (Å²) >= 11 is 0. The van der Waals surface area contributed by atoms with Gasteiger partial charge in [-0.05, 0) is 63.3 Å². The van der Waals surface area contributed by atoms with Crippen LogP contribution < -0.4 is 10.2 Å². The summed E-state index contributed by atoms with van der Waals surface area (Å²) in [7, 11) is 0. The van der Waals surface area contributed by atoms with Gasteiger partial charge in [-0.1, -0.05) is 12.1 Å². The Hall–Kier alpha value is -2.43. The molecule has 126 valence electrons. The van der Waals surface area contributed by atoms with E-state index in [2.05, 4.69) is 20.2 Å². The number of anilines is 2. The van der Waals surface area contributed by atoms with Crippen LogP contribution in [0.5, 0.6) is 0 Å². The van der Waals surface area contributed by atoms with E-state index in [1.165, 1.54) is 6.42 Å². The third-order valence-corrected chi connectivity index (χ3v) is 4.57. The van der Waals surface area contributed by atoms with Gasteiger partial charge in [0.15, 0.2) is 0 Å². The Kier molecular flexibility index (Phi) is 4.79. The van der Waals surface area contributed by atoms with E-state index in [4.69, 9.17) is 0 Å². The van der Waals surface area contributed by atoms with Gasteiger partial charge in [0.25, 0.3) is 5.91 Å². The minimum absolute atomic E-state index is 0.188. The highest BCUT2D eigenvalue weighted by Crippen LogP contribution is 2.20. The molecule has 2 aromatic rings. The predicted molar refractivity (Wildman–Crippen MR) is 96.7 cm³/mol. The van der Waals surface area contributed by atoms with Crippen molar-refractivity contribution in [1.82, 2.24) is 9.97 Å². The number of aryl methyl sites for hydroxylation is 2. The highest BCUT2D eigenvalue weighted by molar-refractivity contribution is 6.03. The van der Waals surface area contributed by atoms with E-state index in [1.54, 1.807) is 6.07 Å². The average Bonchev–Trinajstić information content (AvgIpc) is 2.59. The van der Waals surface area contributed by atoms with Crippen LogP contribution in [0.3, 0.4) is 0 Å². The minimum atomic E-state index is -0.188. The SMILES string of the molecule is Cc1cc(C(=O)Nc2cccc(C)c2C)nc(N2CCCCC2)n1. The maximum absolute atomic E-state index is 12.6. The van der Waals surface area contributed by atoms with Crippen LogP contribution in [0, 0.1) is 20.8 Å². The number of hydrogen-bond donors (Lipinski definition) is 1. The van der Waals surface area contributed by atoms with E-state index >= 15 is 0 Å². The molecule has 2 heterocycles. The molecule has 1 N–H and O–H groups in total. The number of hydrogen-bond acceptors (Lipinski definition) is 4. The molecular weight excluding hydrogens is 300 g/mol. The molecule has 5 heteroatoms. The number of carbonyl (C=O) groups excluding carboxylic acids is 1. The summed E-state index contributed by atoms with van der Waals surface area (Å²) in [6.07, 6.45) is 3.56. The highest BCUT2D eigenvalue weighted by atomic mass is 16.1. The first-order valence-corrected chi connectivity index (χ1v) is 8.53. The van der Waals surface area contributed by atoms with Crippen molar-refractivity contribution >= 4 is 17.5 Å². The van der Waals surface area contributed by atoms with Crippen molar-refractivity contribution in [2.45, 2.75) is 40.0 Å². The third kappa shape index (κ3) is 3.55. The fourth-order valence-electron chi connectivity index (χ4n) is 2.98. The number of nitrogens with one attached hydrogen (secondary N) is 1. The largest absolute Gasteiger partial charge is 0.341 e. The summed E-state index contributed by atoms with van der Waals surface area (Å²) < 4.78 is 0. The highest BCUT2D eigenvalue weighted by Gasteiger charge is 2.17. The zero-order valence-electron chi connectivity index (χ0n) is 14.6. The Labute approximate surface area is 143 Å². The molecule has 1 amide bonds. The van der Waals surface area contributed by atoms with Crippen LogP contribution in [0.25, 0.3) is 0 Å². The molecule has 0 spiro atoms. The minimum Gasteiger partial charge on any atom is -0.341 e. The molecule has 0 radical (unpaired) electrons. The summed E-state index contributed by atoms with van der Waals surface area (Å²) in [5.74, 6) is 0.480. The molecule has 5 nitrogen and oxygen atoms in total. The molecule has 1 saturated heterocycles. The van der Waals surface area contributed by atoms with E-state index < -0.39 is 0 Å². The number of nitrogens with zero attached hydrogens (tertiary/aromatic N) is 3. The number of amides is 1. The number of carbonyl (C=O) groups is 1. The first-order chi connectivity index (χ1) is 11.5. The molecule has 1 aliphatic rings. The van der Waals surface area contributed by atoms with Gasteiger partial charge in [-0.25, -0.2) is 9.97 Å². The summed E-state index contributed by atoms with van der Waals surface area (Å²) in [5.41, 5.74) is 4.30. The fraction of sp³-hybridized carbons (Fsp3) is 0.421. The first-order valence-electron chi connectivity index (χ1n) is 8.53. The Balaban J connectivity index is 1.84. The van der Waals surface area contributed by atoms with E-state index in [1.807, 2.05) is 39.0 Å². The topological polar surface area (TPSA) is 58.1 Å². The first kappa shape index (κ1) is 16.4. The number of piperidine rings is 1. The molecule has 24 heavy (non-hydrogen) atoms. The molecular formula is C19H24N4O. The quantitative estimate of drug-likeness (QED) is 0.936. The molecule has 0 bridgehead atoms. The van der Waals surface area contributed by atoms with Gasteiger partial charge >= 0.3 is 0 Å². The Morgan fingerprint density at radius 1 is 1.08 bits per heavy atom. The van der Waals surface area contributed by atoms with Crippen molar-refractivity contribution in [3.8, 4) is 0 Å². The van der Waals surface area contributed by atoms with Crippen molar-refractivity contribution in [2.75, 3.05) is 23.3 Å². The maximum Gasteiger partial charge on any atom is 0.274 e. The number of aromatic nitrogens is 2. The molecule has 1 fully saturated rings.